The summed E-state index contributed by atoms with van der Waals surface area (Å²) in [5.41, 5.74) is -0.675. The molecule has 190 valence electrons. The first kappa shape index (κ1) is 27.0. The Morgan fingerprint density at radius 2 is 1.81 bits per heavy atom. The molecule has 2 aromatic carbocycles. The van der Waals surface area contributed by atoms with E-state index in [0.29, 0.717) is 10.6 Å². The number of halogens is 5. The quantitative estimate of drug-likeness (QED) is 0.477. The molecule has 0 saturated heterocycles. The Bertz CT molecular complexity index is 1500. The van der Waals surface area contributed by atoms with Gasteiger partial charge in [-0.1, -0.05) is 29.8 Å². The molecule has 1 unspecified atom stereocenters. The van der Waals surface area contributed by atoms with Crippen molar-refractivity contribution >= 4 is 33.1 Å². The van der Waals surface area contributed by atoms with Crippen molar-refractivity contribution in [1.82, 2.24) is 15.1 Å². The highest BCUT2D eigenvalue weighted by Crippen LogP contribution is 2.21. The third-order valence-corrected chi connectivity index (χ3v) is 6.40. The molecule has 0 bridgehead atoms. The van der Waals surface area contributed by atoms with Crippen LogP contribution >= 0.6 is 11.6 Å². The molecule has 3 aromatic rings. The van der Waals surface area contributed by atoms with Crippen molar-refractivity contribution in [3.05, 3.63) is 81.4 Å². The van der Waals surface area contributed by atoms with Crippen molar-refractivity contribution in [2.45, 2.75) is 6.18 Å². The van der Waals surface area contributed by atoms with E-state index in [0.717, 1.165) is 23.1 Å². The summed E-state index contributed by atoms with van der Waals surface area (Å²) in [7, 11) is -3.62. The van der Waals surface area contributed by atoms with E-state index >= 15 is 0 Å². The summed E-state index contributed by atoms with van der Waals surface area (Å²) in [5.74, 6) is -4.70. The molecule has 3 rings (SSSR count). The molecule has 0 saturated carbocycles. The van der Waals surface area contributed by atoms with Gasteiger partial charge in [0, 0.05) is 29.1 Å². The van der Waals surface area contributed by atoms with Gasteiger partial charge in [0.25, 0.3) is 11.5 Å². The molecule has 0 aliphatic carbocycles. The maximum absolute atomic E-state index is 13.8. The fraction of sp³-hybridized carbons (Fsp3) is 0.182. The Morgan fingerprint density at radius 1 is 1.14 bits per heavy atom. The van der Waals surface area contributed by atoms with E-state index in [2.05, 4.69) is 14.8 Å². The van der Waals surface area contributed by atoms with Crippen LogP contribution in [0.3, 0.4) is 0 Å². The number of benzene rings is 2. The first-order chi connectivity index (χ1) is 16.8. The van der Waals surface area contributed by atoms with Gasteiger partial charge in [-0.25, -0.2) is 8.60 Å². The van der Waals surface area contributed by atoms with Crippen LogP contribution in [-0.2, 0) is 14.5 Å². The molecule has 8 nitrogen and oxygen atoms in total. The molecule has 14 heteroatoms. The molecular formula is C22H17ClF4N4O4S. The molecule has 1 atom stereocenters. The van der Waals surface area contributed by atoms with Gasteiger partial charge in [-0.05, 0) is 36.4 Å². The summed E-state index contributed by atoms with van der Waals surface area (Å²) in [4.78, 5) is 36.8. The Balaban J connectivity index is 1.95. The first-order valence-corrected chi connectivity index (χ1v) is 12.5. The van der Waals surface area contributed by atoms with Crippen molar-refractivity contribution in [3.8, 4) is 16.9 Å². The number of carbonyl (C=O) groups excluding carboxylic acids is 2. The number of nitrogens with one attached hydrogen (secondary N) is 1. The lowest BCUT2D eigenvalue weighted by atomic mass is 10.1. The lowest BCUT2D eigenvalue weighted by molar-refractivity contribution is -0.169. The average molecular weight is 545 g/mol. The number of carbonyl (C=O) groups is 2. The predicted molar refractivity (Wildman–Crippen MR) is 125 cm³/mol. The van der Waals surface area contributed by atoms with Crippen molar-refractivity contribution in [1.29, 1.82) is 0 Å². The second kappa shape index (κ2) is 10.6. The molecule has 1 heterocycles. The molecule has 0 spiro atoms. The summed E-state index contributed by atoms with van der Waals surface area (Å²) >= 11 is 5.90. The van der Waals surface area contributed by atoms with Crippen LogP contribution in [0.1, 0.15) is 10.4 Å². The van der Waals surface area contributed by atoms with E-state index in [1.165, 1.54) is 18.2 Å². The number of alkyl halides is 3. The molecule has 1 aromatic heterocycles. The third-order valence-electron chi connectivity index (χ3n) is 4.63. The highest BCUT2D eigenvalue weighted by atomic mass is 35.5. The Kier molecular flexibility index (Phi) is 7.94. The van der Waals surface area contributed by atoms with Gasteiger partial charge in [0.1, 0.15) is 11.4 Å². The lowest BCUT2D eigenvalue weighted by Crippen LogP contribution is -2.36. The predicted octanol–water partition coefficient (Wildman–Crippen LogP) is 3.61. The van der Waals surface area contributed by atoms with E-state index in [9.17, 15) is 36.2 Å². The van der Waals surface area contributed by atoms with Crippen LogP contribution in [0.5, 0.6) is 0 Å². The van der Waals surface area contributed by atoms with Crippen LogP contribution in [0.15, 0.2) is 63.8 Å². The van der Waals surface area contributed by atoms with E-state index in [1.807, 2.05) is 0 Å². The Labute approximate surface area is 207 Å². The van der Waals surface area contributed by atoms with E-state index in [-0.39, 0.29) is 11.4 Å². The van der Waals surface area contributed by atoms with Gasteiger partial charge < -0.3 is 5.32 Å². The zero-order valence-electron chi connectivity index (χ0n) is 18.4. The first-order valence-electron chi connectivity index (χ1n) is 10.0. The number of hydrogen-bond acceptors (Lipinski definition) is 5. The molecule has 36 heavy (non-hydrogen) atoms. The SMILES string of the molecule is CS(=O)(CCNC(=O)c1cc(-c2ccc(Cl)cc2)nn(-c2cccc(F)c2)c1=O)=NC(=O)C(F)(F)F. The van der Waals surface area contributed by atoms with E-state index in [1.54, 1.807) is 24.3 Å². The molecule has 2 amide bonds. The average Bonchev–Trinajstić information content (AvgIpc) is 2.78. The van der Waals surface area contributed by atoms with E-state index < -0.39 is 57.0 Å². The lowest BCUT2D eigenvalue weighted by Gasteiger charge is -2.12. The fourth-order valence-corrected chi connectivity index (χ4v) is 4.08. The minimum Gasteiger partial charge on any atom is -0.351 e. The highest BCUT2D eigenvalue weighted by molar-refractivity contribution is 7.93. The van der Waals surface area contributed by atoms with E-state index in [4.69, 9.17) is 11.6 Å². The van der Waals surface area contributed by atoms with Gasteiger partial charge in [0.15, 0.2) is 0 Å². The number of nitrogens with zero attached hydrogens (tertiary/aromatic N) is 3. The second-order valence-electron chi connectivity index (χ2n) is 7.46. The van der Waals surface area contributed by atoms with Crippen LogP contribution in [0.2, 0.25) is 5.02 Å². The molecular weight excluding hydrogens is 528 g/mol. The molecule has 0 aliphatic rings. The van der Waals surface area contributed by atoms with Crippen molar-refractivity contribution < 1.29 is 31.4 Å². The van der Waals surface area contributed by atoms with Crippen LogP contribution < -0.4 is 10.9 Å². The van der Waals surface area contributed by atoms with Crippen LogP contribution in [0, 0.1) is 5.82 Å². The van der Waals surface area contributed by atoms with Crippen LogP contribution in [-0.4, -0.2) is 50.5 Å². The Hall–Kier alpha value is -3.58. The molecule has 0 radical (unpaired) electrons. The fourth-order valence-electron chi connectivity index (χ4n) is 2.92. The minimum absolute atomic E-state index is 0.0332. The standard InChI is InChI=1S/C22H17ClF4N4O4S/c1-36(35,30-21(34)22(25,26)27)10-9-28-19(32)17-12-18(13-5-7-14(23)8-6-13)29-31(20(17)33)16-4-2-3-15(24)11-16/h2-8,11-12H,9-10H2,1H3,(H,28,32). The molecule has 0 aliphatic heterocycles. The summed E-state index contributed by atoms with van der Waals surface area (Å²) in [6, 6.07) is 12.4. The largest absolute Gasteiger partial charge is 0.474 e. The highest BCUT2D eigenvalue weighted by Gasteiger charge is 2.39. The minimum atomic E-state index is -5.28. The van der Waals surface area contributed by atoms with Gasteiger partial charge in [-0.2, -0.15) is 27.3 Å². The van der Waals surface area contributed by atoms with Crippen LogP contribution in [0.4, 0.5) is 17.6 Å². The van der Waals surface area contributed by atoms with Gasteiger partial charge >= 0.3 is 12.1 Å². The summed E-state index contributed by atoms with van der Waals surface area (Å²) in [5, 5.41) is 6.91. The van der Waals surface area contributed by atoms with Gasteiger partial charge in [-0.15, -0.1) is 0 Å². The normalized spacial score (nSPS) is 13.1. The zero-order chi connectivity index (χ0) is 26.7. The molecule has 1 N–H and O–H groups in total. The number of rotatable bonds is 6. The summed E-state index contributed by atoms with van der Waals surface area (Å²) in [6.07, 6.45) is -4.44. The monoisotopic (exact) mass is 544 g/mol. The molecule has 0 fully saturated rings. The van der Waals surface area contributed by atoms with Gasteiger partial charge in [0.2, 0.25) is 0 Å². The van der Waals surface area contributed by atoms with Crippen molar-refractivity contribution in [3.63, 3.8) is 0 Å². The number of hydrogen-bond donors (Lipinski definition) is 1. The van der Waals surface area contributed by atoms with Crippen LogP contribution in [0.25, 0.3) is 16.9 Å². The second-order valence-corrected chi connectivity index (χ2v) is 10.4. The van der Waals surface area contributed by atoms with Gasteiger partial charge in [-0.3, -0.25) is 14.4 Å². The smallest absolute Gasteiger partial charge is 0.351 e. The third kappa shape index (κ3) is 6.76. The summed E-state index contributed by atoms with van der Waals surface area (Å²) in [6.45, 7) is -0.458. The maximum atomic E-state index is 13.8. The number of amides is 2. The summed E-state index contributed by atoms with van der Waals surface area (Å²) < 4.78 is 66.7. The Morgan fingerprint density at radius 3 is 2.42 bits per heavy atom. The topological polar surface area (TPSA) is 110 Å². The van der Waals surface area contributed by atoms with Crippen molar-refractivity contribution in [2.75, 3.05) is 18.6 Å². The maximum Gasteiger partial charge on any atom is 0.474 e. The number of aromatic nitrogens is 2. The van der Waals surface area contributed by atoms with Crippen molar-refractivity contribution in [2.24, 2.45) is 4.36 Å². The zero-order valence-corrected chi connectivity index (χ0v) is 20.0. The van der Waals surface area contributed by atoms with Gasteiger partial charge in [0.05, 0.1) is 21.1 Å².